The molecule has 0 radical (unpaired) electrons. The Hall–Kier alpha value is -2.12. The molecule has 1 atom stereocenters. The topological polar surface area (TPSA) is 18.8 Å². The Labute approximate surface area is 194 Å². The lowest BCUT2D eigenvalue weighted by atomic mass is 9.90. The molecule has 3 aliphatic rings. The summed E-state index contributed by atoms with van der Waals surface area (Å²) in [6.45, 7) is 8.30. The highest BCUT2D eigenvalue weighted by Crippen LogP contribution is 2.28. The summed E-state index contributed by atoms with van der Waals surface area (Å²) in [6.07, 6.45) is 15.7. The van der Waals surface area contributed by atoms with Crippen LogP contribution in [0.2, 0.25) is 0 Å². The highest BCUT2D eigenvalue weighted by Gasteiger charge is 2.30. The molecule has 0 saturated carbocycles. The Morgan fingerprint density at radius 1 is 1.19 bits per heavy atom. The minimum Gasteiger partial charge on any atom is -0.355 e. The third kappa shape index (κ3) is 7.78. The molecule has 32 heavy (non-hydrogen) atoms. The smallest absolute Gasteiger partial charge is 0.202 e. The van der Waals surface area contributed by atoms with Crippen LogP contribution < -0.4 is 0 Å². The fourth-order valence-electron chi connectivity index (χ4n) is 5.01. The first-order valence-corrected chi connectivity index (χ1v) is 12.3. The van der Waals surface area contributed by atoms with Crippen molar-refractivity contribution < 1.29 is 4.39 Å². The summed E-state index contributed by atoms with van der Waals surface area (Å²) in [5.74, 6) is 2.60. The van der Waals surface area contributed by atoms with E-state index in [-0.39, 0.29) is 0 Å². The molecular formula is C28H40FN3. The summed E-state index contributed by atoms with van der Waals surface area (Å²) >= 11 is 0. The zero-order chi connectivity index (χ0) is 22.8. The molecule has 0 amide bonds. The Morgan fingerprint density at radius 3 is 2.62 bits per heavy atom. The molecule has 3 heterocycles. The van der Waals surface area contributed by atoms with E-state index >= 15 is 0 Å². The van der Waals surface area contributed by atoms with Gasteiger partial charge in [0, 0.05) is 19.5 Å². The van der Waals surface area contributed by atoms with E-state index < -0.39 is 5.79 Å². The second-order valence-corrected chi connectivity index (χ2v) is 9.65. The Kier molecular flexibility index (Phi) is 9.36. The average Bonchev–Trinajstić information content (AvgIpc) is 2.79. The van der Waals surface area contributed by atoms with Crippen LogP contribution in [-0.4, -0.2) is 54.2 Å². The number of rotatable bonds is 6. The minimum absolute atomic E-state index is 0.420. The van der Waals surface area contributed by atoms with Gasteiger partial charge in [-0.3, -0.25) is 4.90 Å². The number of nitrogens with zero attached hydrogens (tertiary/aromatic N) is 3. The standard InChI is InChI=1S/C25H36FN3.C3H4/c1-25(26)15-12-23-11-6-16-29(19-23)24(27-25)20-28-17-13-22(14-18-28)10-5-9-21-7-3-2-4-8-21;1-3-2/h2-4,7-8,12,22H,5-6,9-11,13-20H2,1H3;1H,2H3/b23-12-,27-24-;. The summed E-state index contributed by atoms with van der Waals surface area (Å²) in [7, 11) is 0. The largest absolute Gasteiger partial charge is 0.355 e. The van der Waals surface area contributed by atoms with E-state index in [0.29, 0.717) is 6.42 Å². The molecule has 2 saturated heterocycles. The van der Waals surface area contributed by atoms with E-state index in [1.807, 2.05) is 0 Å². The molecule has 3 nitrogen and oxygen atoms in total. The van der Waals surface area contributed by atoms with Crippen molar-refractivity contribution in [2.75, 3.05) is 32.7 Å². The minimum atomic E-state index is -1.47. The fourth-order valence-corrected chi connectivity index (χ4v) is 5.01. The number of fused-ring (bicyclic) bond motifs is 2. The number of amidine groups is 1. The van der Waals surface area contributed by atoms with Gasteiger partial charge in [-0.1, -0.05) is 48.4 Å². The zero-order valence-corrected chi connectivity index (χ0v) is 20.0. The van der Waals surface area contributed by atoms with Gasteiger partial charge >= 0.3 is 0 Å². The molecule has 4 heteroatoms. The van der Waals surface area contributed by atoms with Crippen LogP contribution in [0.15, 0.2) is 47.0 Å². The number of halogens is 1. The molecule has 0 N–H and O–H groups in total. The van der Waals surface area contributed by atoms with Crippen LogP contribution in [0.3, 0.4) is 0 Å². The molecule has 3 aliphatic heterocycles. The van der Waals surface area contributed by atoms with Gasteiger partial charge in [-0.05, 0) is 76.9 Å². The van der Waals surface area contributed by atoms with Gasteiger partial charge in [-0.15, -0.1) is 12.3 Å². The van der Waals surface area contributed by atoms with Crippen molar-refractivity contribution in [1.82, 2.24) is 9.80 Å². The normalized spacial score (nSPS) is 27.5. The number of likely N-dealkylation sites (tertiary alicyclic amines) is 1. The van der Waals surface area contributed by atoms with Gasteiger partial charge in [0.15, 0.2) is 0 Å². The number of alkyl halides is 1. The van der Waals surface area contributed by atoms with E-state index in [1.54, 1.807) is 13.8 Å². The number of benzene rings is 1. The van der Waals surface area contributed by atoms with Crippen molar-refractivity contribution in [3.05, 3.63) is 47.5 Å². The summed E-state index contributed by atoms with van der Waals surface area (Å²) in [4.78, 5) is 9.41. The lowest BCUT2D eigenvalue weighted by Crippen LogP contribution is -2.47. The second-order valence-electron chi connectivity index (χ2n) is 9.65. The predicted octanol–water partition coefficient (Wildman–Crippen LogP) is 5.87. The average molecular weight is 438 g/mol. The van der Waals surface area contributed by atoms with Crippen molar-refractivity contribution in [3.8, 4) is 12.3 Å². The van der Waals surface area contributed by atoms with Gasteiger partial charge in [0.05, 0.1) is 6.54 Å². The van der Waals surface area contributed by atoms with Crippen molar-refractivity contribution in [3.63, 3.8) is 0 Å². The quantitative estimate of drug-likeness (QED) is 0.315. The molecule has 1 aromatic carbocycles. The summed E-state index contributed by atoms with van der Waals surface area (Å²) < 4.78 is 14.9. The monoisotopic (exact) mass is 437 g/mol. The first-order valence-electron chi connectivity index (χ1n) is 12.3. The lowest BCUT2D eigenvalue weighted by molar-refractivity contribution is 0.179. The Balaban J connectivity index is 0.000000913. The number of hydrogen-bond acceptors (Lipinski definition) is 3. The molecule has 4 rings (SSSR count). The van der Waals surface area contributed by atoms with E-state index in [1.165, 1.54) is 43.2 Å². The second kappa shape index (κ2) is 12.2. The lowest BCUT2D eigenvalue weighted by Gasteiger charge is -2.38. The van der Waals surface area contributed by atoms with E-state index in [2.05, 4.69) is 63.5 Å². The number of aliphatic imine (C=N–C) groups is 1. The first-order chi connectivity index (χ1) is 15.5. The van der Waals surface area contributed by atoms with Crippen molar-refractivity contribution in [2.24, 2.45) is 10.9 Å². The summed E-state index contributed by atoms with van der Waals surface area (Å²) in [5, 5.41) is 0. The number of aryl methyl sites for hydroxylation is 1. The fraction of sp³-hybridized carbons (Fsp3) is 0.607. The predicted molar refractivity (Wildman–Crippen MR) is 134 cm³/mol. The van der Waals surface area contributed by atoms with E-state index in [4.69, 9.17) is 0 Å². The maximum atomic E-state index is 14.9. The molecule has 0 spiro atoms. The van der Waals surface area contributed by atoms with Crippen LogP contribution >= 0.6 is 0 Å². The van der Waals surface area contributed by atoms with Crippen molar-refractivity contribution in [2.45, 2.75) is 71.0 Å². The van der Waals surface area contributed by atoms with E-state index in [9.17, 15) is 4.39 Å². The molecule has 0 aliphatic carbocycles. The number of hydrogen-bond donors (Lipinski definition) is 0. The molecule has 0 aromatic heterocycles. The highest BCUT2D eigenvalue weighted by atomic mass is 19.1. The summed E-state index contributed by atoms with van der Waals surface area (Å²) in [6, 6.07) is 10.8. The van der Waals surface area contributed by atoms with Gasteiger partial charge in [-0.2, -0.15) is 0 Å². The van der Waals surface area contributed by atoms with Crippen LogP contribution in [-0.2, 0) is 6.42 Å². The van der Waals surface area contributed by atoms with E-state index in [0.717, 1.165) is 57.3 Å². The van der Waals surface area contributed by atoms with Gasteiger partial charge < -0.3 is 4.90 Å². The molecule has 2 fully saturated rings. The third-order valence-corrected chi connectivity index (χ3v) is 6.80. The van der Waals surface area contributed by atoms with Gasteiger partial charge in [0.25, 0.3) is 0 Å². The van der Waals surface area contributed by atoms with Crippen LogP contribution in [0.5, 0.6) is 0 Å². The number of terminal acetylenes is 1. The van der Waals surface area contributed by atoms with Gasteiger partial charge in [-0.25, -0.2) is 9.38 Å². The molecule has 1 unspecified atom stereocenters. The zero-order valence-electron chi connectivity index (χ0n) is 20.0. The van der Waals surface area contributed by atoms with Crippen LogP contribution in [0, 0.1) is 18.3 Å². The SMILES string of the molecule is C#CC.CC1(F)C/C=C2/CCCN(C2)/C(CN2CCC(CCCc3ccccc3)CC2)=N\1. The number of piperidine rings is 2. The molecule has 1 aromatic rings. The van der Waals surface area contributed by atoms with Crippen LogP contribution in [0.1, 0.15) is 64.4 Å². The third-order valence-electron chi connectivity index (χ3n) is 6.80. The maximum Gasteiger partial charge on any atom is 0.202 e. The Bertz CT molecular complexity index is 798. The summed E-state index contributed by atoms with van der Waals surface area (Å²) in [5.41, 5.74) is 2.85. The maximum absolute atomic E-state index is 14.9. The van der Waals surface area contributed by atoms with Gasteiger partial charge in [0.2, 0.25) is 5.79 Å². The molecule has 2 bridgehead atoms. The first kappa shape index (κ1) is 24.5. The molecule has 174 valence electrons. The van der Waals surface area contributed by atoms with Gasteiger partial charge in [0.1, 0.15) is 5.84 Å². The highest BCUT2D eigenvalue weighted by molar-refractivity contribution is 5.85. The van der Waals surface area contributed by atoms with Crippen molar-refractivity contribution in [1.29, 1.82) is 0 Å². The van der Waals surface area contributed by atoms with Crippen molar-refractivity contribution >= 4 is 5.84 Å². The van der Waals surface area contributed by atoms with Crippen LogP contribution in [0.25, 0.3) is 0 Å². The Morgan fingerprint density at radius 2 is 1.91 bits per heavy atom. The van der Waals surface area contributed by atoms with Crippen LogP contribution in [0.4, 0.5) is 4.39 Å². The molecular weight excluding hydrogens is 397 g/mol.